The quantitative estimate of drug-likeness (QED) is 0.377. The zero-order valence-corrected chi connectivity index (χ0v) is 15.2. The van der Waals surface area contributed by atoms with Crippen LogP contribution in [0.4, 0.5) is 21.8 Å². The van der Waals surface area contributed by atoms with Crippen LogP contribution in [0.5, 0.6) is 0 Å². The van der Waals surface area contributed by atoms with E-state index >= 15 is 8.63 Å². The zero-order chi connectivity index (χ0) is 19.8. The van der Waals surface area contributed by atoms with E-state index in [0.29, 0.717) is 28.6 Å². The molecule has 2 nitrogen and oxygen atoms in total. The molecule has 140 valence electrons. The van der Waals surface area contributed by atoms with Crippen LogP contribution in [0.3, 0.4) is 0 Å². The van der Waals surface area contributed by atoms with E-state index in [-0.39, 0.29) is 22.5 Å². The maximum Gasteiger partial charge on any atom is 0.737 e. The number of hydrogen-bond acceptors (Lipinski definition) is 0. The Morgan fingerprint density at radius 3 is 2.19 bits per heavy atom. The minimum atomic E-state index is -4.21. The number of halogens is 5. The van der Waals surface area contributed by atoms with Gasteiger partial charge < -0.3 is 17.6 Å². The third kappa shape index (κ3) is 2.22. The highest BCUT2D eigenvalue weighted by molar-refractivity contribution is 6.58. The van der Waals surface area contributed by atoms with Crippen molar-refractivity contribution in [2.24, 2.45) is 0 Å². The summed E-state index contributed by atoms with van der Waals surface area (Å²) in [5.74, 6) is -3.56. The number of aryl methyl sites for hydroxylation is 2. The molecule has 0 spiro atoms. The number of nitrogens with zero attached hydrogens (tertiary/aromatic N) is 2. The SMILES string of the molecule is CC1=CC(C)=[N+]2C1=C(c1cc(F)c(F)cc1F)c1c(C)cc(C)n1[B-]2(F)F. The largest absolute Gasteiger partial charge is 0.737 e. The molecule has 2 aromatic rings. The molecular weight excluding hydrogens is 362 g/mol. The topological polar surface area (TPSA) is 7.94 Å². The summed E-state index contributed by atoms with van der Waals surface area (Å²) >= 11 is 0. The summed E-state index contributed by atoms with van der Waals surface area (Å²) in [4.78, 5) is 0. The first-order valence-electron chi connectivity index (χ1n) is 8.47. The van der Waals surface area contributed by atoms with Gasteiger partial charge in [-0.3, -0.25) is 0 Å². The predicted octanol–water partition coefficient (Wildman–Crippen LogP) is 4.95. The molecule has 3 heterocycles. The highest BCUT2D eigenvalue weighted by atomic mass is 19.2. The maximum atomic E-state index is 15.4. The van der Waals surface area contributed by atoms with Crippen molar-refractivity contribution in [2.45, 2.75) is 27.7 Å². The van der Waals surface area contributed by atoms with Gasteiger partial charge in [0.1, 0.15) is 11.5 Å². The van der Waals surface area contributed by atoms with Crippen LogP contribution in [0.25, 0.3) is 5.57 Å². The summed E-state index contributed by atoms with van der Waals surface area (Å²) in [6.45, 7) is 2.16. The molecule has 2 aliphatic rings. The lowest BCUT2D eigenvalue weighted by Gasteiger charge is -2.34. The van der Waals surface area contributed by atoms with Gasteiger partial charge in [-0.2, -0.15) is 0 Å². The molecular formula is C19H16BF5N2. The highest BCUT2D eigenvalue weighted by Gasteiger charge is 2.55. The Morgan fingerprint density at radius 2 is 1.52 bits per heavy atom. The molecule has 8 heteroatoms. The summed E-state index contributed by atoms with van der Waals surface area (Å²) in [5, 5.41) is 0. The average molecular weight is 378 g/mol. The molecule has 0 saturated heterocycles. The number of fused-ring (bicyclic) bond motifs is 2. The summed E-state index contributed by atoms with van der Waals surface area (Å²) < 4.78 is 74.6. The van der Waals surface area contributed by atoms with E-state index in [1.807, 2.05) is 0 Å². The fraction of sp³-hybridized carbons (Fsp3) is 0.211. The summed E-state index contributed by atoms with van der Waals surface area (Å²) in [7, 11) is 0. The highest BCUT2D eigenvalue weighted by Crippen LogP contribution is 2.44. The first-order chi connectivity index (χ1) is 12.6. The van der Waals surface area contributed by atoms with Crippen LogP contribution in [-0.4, -0.2) is 21.6 Å². The van der Waals surface area contributed by atoms with Crippen molar-refractivity contribution in [3.63, 3.8) is 0 Å². The second-order valence-corrected chi connectivity index (χ2v) is 7.08. The summed E-state index contributed by atoms with van der Waals surface area (Å²) in [6.07, 6.45) is 1.58. The van der Waals surface area contributed by atoms with E-state index in [2.05, 4.69) is 0 Å². The minimum absolute atomic E-state index is 0.121. The molecule has 0 aliphatic carbocycles. The molecule has 1 aromatic heterocycles. The fourth-order valence-corrected chi connectivity index (χ4v) is 4.27. The van der Waals surface area contributed by atoms with E-state index in [4.69, 9.17) is 0 Å². The van der Waals surface area contributed by atoms with Gasteiger partial charge in [-0.05, 0) is 44.2 Å². The number of allylic oxidation sites excluding steroid dienone is 2. The molecule has 0 N–H and O–H groups in total. The number of hydrogen-bond donors (Lipinski definition) is 0. The van der Waals surface area contributed by atoms with Gasteiger partial charge >= 0.3 is 6.97 Å². The first kappa shape index (κ1) is 17.8. The second-order valence-electron chi connectivity index (χ2n) is 7.08. The van der Waals surface area contributed by atoms with E-state index < -0.39 is 24.4 Å². The lowest BCUT2D eigenvalue weighted by molar-refractivity contribution is -0.363. The smallest absolute Gasteiger partial charge is 0.393 e. The van der Waals surface area contributed by atoms with Crippen LogP contribution in [-0.2, 0) is 0 Å². The number of rotatable bonds is 1. The van der Waals surface area contributed by atoms with Crippen LogP contribution in [0.15, 0.2) is 35.5 Å². The fourth-order valence-electron chi connectivity index (χ4n) is 4.27. The minimum Gasteiger partial charge on any atom is -0.393 e. The molecule has 0 bridgehead atoms. The second kappa shape index (κ2) is 5.44. The van der Waals surface area contributed by atoms with Crippen LogP contribution in [0.2, 0.25) is 0 Å². The molecule has 27 heavy (non-hydrogen) atoms. The van der Waals surface area contributed by atoms with E-state index in [0.717, 1.165) is 15.0 Å². The van der Waals surface area contributed by atoms with E-state index in [1.54, 1.807) is 39.8 Å². The molecule has 0 amide bonds. The van der Waals surface area contributed by atoms with Gasteiger partial charge in [-0.15, -0.1) is 0 Å². The Labute approximate surface area is 153 Å². The number of benzene rings is 1. The van der Waals surface area contributed by atoms with Gasteiger partial charge in [0, 0.05) is 35.9 Å². The van der Waals surface area contributed by atoms with Gasteiger partial charge in [-0.1, -0.05) is 0 Å². The lowest BCUT2D eigenvalue weighted by atomic mass is 9.83. The molecule has 0 radical (unpaired) electrons. The zero-order valence-electron chi connectivity index (χ0n) is 15.2. The molecule has 2 aliphatic heterocycles. The Morgan fingerprint density at radius 1 is 0.889 bits per heavy atom. The van der Waals surface area contributed by atoms with Gasteiger partial charge in [0.15, 0.2) is 17.3 Å². The first-order valence-corrected chi connectivity index (χ1v) is 8.47. The average Bonchev–Trinajstić information content (AvgIpc) is 3.02. The third-order valence-corrected chi connectivity index (χ3v) is 5.21. The van der Waals surface area contributed by atoms with Crippen molar-refractivity contribution in [3.05, 3.63) is 75.5 Å². The monoisotopic (exact) mass is 378 g/mol. The summed E-state index contributed by atoms with van der Waals surface area (Å²) in [6, 6.07) is 2.76. The molecule has 1 aromatic carbocycles. The number of aromatic nitrogens is 1. The third-order valence-electron chi connectivity index (χ3n) is 5.21. The van der Waals surface area contributed by atoms with Crippen molar-refractivity contribution in [1.29, 1.82) is 0 Å². The normalized spacial score (nSPS) is 18.0. The van der Waals surface area contributed by atoms with Crippen LogP contribution in [0.1, 0.15) is 36.4 Å². The van der Waals surface area contributed by atoms with Gasteiger partial charge in [0.2, 0.25) is 0 Å². The predicted molar refractivity (Wildman–Crippen MR) is 94.3 cm³/mol. The Balaban J connectivity index is 2.21. The Hall–Kier alpha value is -2.64. The Kier molecular flexibility index (Phi) is 3.58. The van der Waals surface area contributed by atoms with Crippen LogP contribution in [0, 0.1) is 31.3 Å². The maximum absolute atomic E-state index is 15.4. The van der Waals surface area contributed by atoms with Crippen molar-refractivity contribution in [3.8, 4) is 0 Å². The van der Waals surface area contributed by atoms with E-state index in [9.17, 15) is 13.2 Å². The standard InChI is InChI=1S/C19H16BF5N2/c1-9-5-11(3)26-18(9)17(13-7-15(22)16(23)8-14(13)21)19-10(2)6-12(4)27(19)20(26,24)25/h5-8H,1-4H3. The summed E-state index contributed by atoms with van der Waals surface area (Å²) in [5.41, 5.74) is 1.77. The van der Waals surface area contributed by atoms with Crippen molar-refractivity contribution < 1.29 is 26.3 Å². The van der Waals surface area contributed by atoms with E-state index in [1.165, 1.54) is 0 Å². The molecule has 0 atom stereocenters. The molecule has 0 fully saturated rings. The van der Waals surface area contributed by atoms with Crippen molar-refractivity contribution in [2.75, 3.05) is 0 Å². The molecule has 4 rings (SSSR count). The molecule has 0 saturated carbocycles. The van der Waals surface area contributed by atoms with Gasteiger partial charge in [-0.25, -0.2) is 13.2 Å². The van der Waals surface area contributed by atoms with Crippen molar-refractivity contribution in [1.82, 2.24) is 4.48 Å². The van der Waals surface area contributed by atoms with Crippen molar-refractivity contribution >= 4 is 18.3 Å². The van der Waals surface area contributed by atoms with Crippen LogP contribution < -0.4 is 0 Å². The Bertz CT molecular complexity index is 1120. The molecule has 0 unspecified atom stereocenters. The van der Waals surface area contributed by atoms with Gasteiger partial charge in [0.05, 0.1) is 5.57 Å². The lowest BCUT2D eigenvalue weighted by Crippen LogP contribution is -2.51. The van der Waals surface area contributed by atoms with Crippen LogP contribution >= 0.6 is 0 Å². The van der Waals surface area contributed by atoms with Gasteiger partial charge in [0.25, 0.3) is 0 Å².